The van der Waals surface area contributed by atoms with Crippen LogP contribution in [0.4, 0.5) is 0 Å². The molecule has 0 unspecified atom stereocenters. The molecule has 0 N–H and O–H groups in total. The van der Waals surface area contributed by atoms with Gasteiger partial charge in [-0.05, 0) is 32.4 Å². The van der Waals surface area contributed by atoms with E-state index in [1.54, 1.807) is 10.8 Å². The Morgan fingerprint density at radius 1 is 1.42 bits per heavy atom. The average molecular weight is 336 g/mol. The second-order valence-corrected chi connectivity index (χ2v) is 7.15. The standard InChI is InChI=1S/C18H16N4OS/c1-4-18(2,3)14-7-6-12(11-20-14)15-13(10-19)16(23)22-8-5-9-24-17(22)21-15/h1,6-7,11H,5,8-9H2,2-3H3. The maximum absolute atomic E-state index is 12.6. The molecule has 24 heavy (non-hydrogen) atoms. The van der Waals surface area contributed by atoms with Crippen molar-refractivity contribution in [3.8, 4) is 29.7 Å². The summed E-state index contributed by atoms with van der Waals surface area (Å²) in [6.07, 6.45) is 8.07. The van der Waals surface area contributed by atoms with Gasteiger partial charge in [-0.2, -0.15) is 5.26 Å². The highest BCUT2D eigenvalue weighted by atomic mass is 32.2. The van der Waals surface area contributed by atoms with E-state index < -0.39 is 5.41 Å². The number of fused-ring (bicyclic) bond motifs is 1. The Morgan fingerprint density at radius 2 is 2.21 bits per heavy atom. The summed E-state index contributed by atoms with van der Waals surface area (Å²) < 4.78 is 1.58. The molecule has 3 heterocycles. The van der Waals surface area contributed by atoms with Crippen LogP contribution in [0.2, 0.25) is 0 Å². The van der Waals surface area contributed by atoms with Crippen molar-refractivity contribution in [1.29, 1.82) is 5.26 Å². The predicted octanol–water partition coefficient (Wildman–Crippen LogP) is 2.58. The van der Waals surface area contributed by atoms with Crippen LogP contribution < -0.4 is 5.56 Å². The third-order valence-corrected chi connectivity index (χ3v) is 5.10. The highest BCUT2D eigenvalue weighted by Crippen LogP contribution is 2.27. The number of aromatic nitrogens is 3. The number of rotatable bonds is 2. The number of thioether (sulfide) groups is 1. The first-order chi connectivity index (χ1) is 11.5. The van der Waals surface area contributed by atoms with Gasteiger partial charge in [0.15, 0.2) is 5.16 Å². The van der Waals surface area contributed by atoms with Crippen molar-refractivity contribution in [3.63, 3.8) is 0 Å². The SMILES string of the molecule is C#CC(C)(C)c1ccc(-c2nc3n(c(=O)c2C#N)CCCS3)cn1. The Kier molecular flexibility index (Phi) is 4.17. The first kappa shape index (κ1) is 16.3. The molecule has 2 aromatic rings. The maximum atomic E-state index is 12.6. The van der Waals surface area contributed by atoms with E-state index in [1.165, 1.54) is 11.8 Å². The van der Waals surface area contributed by atoms with Crippen molar-refractivity contribution in [2.45, 2.75) is 37.4 Å². The van der Waals surface area contributed by atoms with Gasteiger partial charge in [0.05, 0.1) is 16.8 Å². The van der Waals surface area contributed by atoms with E-state index >= 15 is 0 Å². The fourth-order valence-electron chi connectivity index (χ4n) is 2.52. The normalized spacial score (nSPS) is 13.7. The minimum Gasteiger partial charge on any atom is -0.286 e. The van der Waals surface area contributed by atoms with E-state index in [4.69, 9.17) is 6.42 Å². The number of hydrogen-bond donors (Lipinski definition) is 0. The molecule has 1 aliphatic rings. The molecule has 3 rings (SSSR count). The molecule has 0 saturated carbocycles. The number of nitrogens with zero attached hydrogens (tertiary/aromatic N) is 4. The average Bonchev–Trinajstić information content (AvgIpc) is 2.62. The van der Waals surface area contributed by atoms with Gasteiger partial charge in [0.2, 0.25) is 0 Å². The first-order valence-electron chi connectivity index (χ1n) is 7.60. The van der Waals surface area contributed by atoms with Crippen LogP contribution >= 0.6 is 11.8 Å². The Hall–Kier alpha value is -2.57. The van der Waals surface area contributed by atoms with Gasteiger partial charge in [-0.15, -0.1) is 6.42 Å². The number of terminal acetylenes is 1. The minimum absolute atomic E-state index is 0.0620. The summed E-state index contributed by atoms with van der Waals surface area (Å²) >= 11 is 1.54. The van der Waals surface area contributed by atoms with Crippen molar-refractivity contribution in [2.24, 2.45) is 0 Å². The summed E-state index contributed by atoms with van der Waals surface area (Å²) in [7, 11) is 0. The molecular formula is C18H16N4OS. The molecule has 0 aliphatic carbocycles. The highest BCUT2D eigenvalue weighted by Gasteiger charge is 2.22. The second kappa shape index (κ2) is 6.14. The summed E-state index contributed by atoms with van der Waals surface area (Å²) in [5.74, 6) is 3.62. The fourth-order valence-corrected chi connectivity index (χ4v) is 3.46. The summed E-state index contributed by atoms with van der Waals surface area (Å²) in [5, 5.41) is 10.1. The number of pyridine rings is 1. The summed E-state index contributed by atoms with van der Waals surface area (Å²) in [4.78, 5) is 21.5. The molecular weight excluding hydrogens is 320 g/mol. The van der Waals surface area contributed by atoms with Gasteiger partial charge in [-0.1, -0.05) is 17.7 Å². The first-order valence-corrected chi connectivity index (χ1v) is 8.59. The lowest BCUT2D eigenvalue weighted by Gasteiger charge is -2.19. The number of hydrogen-bond acceptors (Lipinski definition) is 5. The summed E-state index contributed by atoms with van der Waals surface area (Å²) in [6.45, 7) is 4.43. The molecule has 0 amide bonds. The van der Waals surface area contributed by atoms with E-state index in [2.05, 4.69) is 15.9 Å². The Labute approximate surface area is 144 Å². The lowest BCUT2D eigenvalue weighted by molar-refractivity contribution is 0.562. The van der Waals surface area contributed by atoms with Crippen LogP contribution in [0.1, 0.15) is 31.5 Å². The van der Waals surface area contributed by atoms with Gasteiger partial charge in [0.25, 0.3) is 5.56 Å². The van der Waals surface area contributed by atoms with E-state index in [1.807, 2.05) is 32.0 Å². The summed E-state index contributed by atoms with van der Waals surface area (Å²) in [6, 6.07) is 5.64. The van der Waals surface area contributed by atoms with Crippen LogP contribution in [-0.2, 0) is 12.0 Å². The van der Waals surface area contributed by atoms with Crippen LogP contribution in [0.25, 0.3) is 11.3 Å². The molecule has 0 spiro atoms. The lowest BCUT2D eigenvalue weighted by atomic mass is 9.89. The zero-order valence-electron chi connectivity index (χ0n) is 13.5. The molecule has 0 fully saturated rings. The van der Waals surface area contributed by atoms with Crippen LogP contribution in [0.5, 0.6) is 0 Å². The molecule has 2 aromatic heterocycles. The number of nitriles is 1. The van der Waals surface area contributed by atoms with Gasteiger partial charge >= 0.3 is 0 Å². The smallest absolute Gasteiger partial charge is 0.272 e. The van der Waals surface area contributed by atoms with E-state index in [-0.39, 0.29) is 11.1 Å². The minimum atomic E-state index is -0.477. The van der Waals surface area contributed by atoms with Crippen molar-refractivity contribution in [1.82, 2.24) is 14.5 Å². The third-order valence-electron chi connectivity index (χ3n) is 4.04. The van der Waals surface area contributed by atoms with Crippen molar-refractivity contribution < 1.29 is 0 Å². The van der Waals surface area contributed by atoms with Crippen LogP contribution in [0.15, 0.2) is 28.3 Å². The largest absolute Gasteiger partial charge is 0.286 e. The van der Waals surface area contributed by atoms with Crippen LogP contribution in [-0.4, -0.2) is 20.3 Å². The fraction of sp³-hybridized carbons (Fsp3) is 0.333. The zero-order valence-corrected chi connectivity index (χ0v) is 14.4. The van der Waals surface area contributed by atoms with Crippen molar-refractivity contribution >= 4 is 11.8 Å². The Bertz CT molecular complexity index is 930. The molecule has 0 atom stereocenters. The van der Waals surface area contributed by atoms with Crippen molar-refractivity contribution in [3.05, 3.63) is 39.9 Å². The van der Waals surface area contributed by atoms with Crippen LogP contribution in [0.3, 0.4) is 0 Å². The quantitative estimate of drug-likeness (QED) is 0.623. The monoisotopic (exact) mass is 336 g/mol. The van der Waals surface area contributed by atoms with Gasteiger partial charge in [-0.25, -0.2) is 4.98 Å². The van der Waals surface area contributed by atoms with Gasteiger partial charge < -0.3 is 0 Å². The van der Waals surface area contributed by atoms with E-state index in [0.717, 1.165) is 17.9 Å². The topological polar surface area (TPSA) is 71.6 Å². The predicted molar refractivity (Wildman–Crippen MR) is 93.6 cm³/mol. The molecule has 6 heteroatoms. The zero-order chi connectivity index (χ0) is 17.3. The van der Waals surface area contributed by atoms with Gasteiger partial charge in [0, 0.05) is 24.1 Å². The van der Waals surface area contributed by atoms with E-state index in [0.29, 0.717) is 23.0 Å². The molecule has 0 saturated heterocycles. The van der Waals surface area contributed by atoms with Gasteiger partial charge in [-0.3, -0.25) is 14.3 Å². The highest BCUT2D eigenvalue weighted by molar-refractivity contribution is 7.99. The molecule has 0 aromatic carbocycles. The molecule has 0 bridgehead atoms. The molecule has 1 aliphatic heterocycles. The maximum Gasteiger partial charge on any atom is 0.272 e. The Balaban J connectivity index is 2.14. The van der Waals surface area contributed by atoms with Crippen molar-refractivity contribution in [2.75, 3.05) is 5.75 Å². The van der Waals surface area contributed by atoms with E-state index in [9.17, 15) is 10.1 Å². The lowest BCUT2D eigenvalue weighted by Crippen LogP contribution is -2.29. The summed E-state index contributed by atoms with van der Waals surface area (Å²) in [5.41, 5.74) is 1.10. The second-order valence-electron chi connectivity index (χ2n) is 6.09. The molecule has 120 valence electrons. The Morgan fingerprint density at radius 3 is 2.83 bits per heavy atom. The molecule has 0 radical (unpaired) electrons. The third kappa shape index (κ3) is 2.70. The molecule has 5 nitrogen and oxygen atoms in total. The van der Waals surface area contributed by atoms with Crippen LogP contribution in [0, 0.1) is 23.7 Å². The van der Waals surface area contributed by atoms with Gasteiger partial charge in [0.1, 0.15) is 11.6 Å².